The summed E-state index contributed by atoms with van der Waals surface area (Å²) in [6.07, 6.45) is 3.99. The molecule has 0 aromatic carbocycles. The van der Waals surface area contributed by atoms with Gasteiger partial charge in [-0.2, -0.15) is 5.26 Å². The van der Waals surface area contributed by atoms with Gasteiger partial charge in [0, 0.05) is 19.6 Å². The summed E-state index contributed by atoms with van der Waals surface area (Å²) in [4.78, 5) is 4.27. The average molecular weight is 225 g/mol. The summed E-state index contributed by atoms with van der Waals surface area (Å²) >= 11 is 0. The van der Waals surface area contributed by atoms with Crippen molar-refractivity contribution in [1.29, 1.82) is 5.26 Å². The number of hydrogen-bond acceptors (Lipinski definition) is 3. The highest BCUT2D eigenvalue weighted by Gasteiger charge is 2.08. The second-order valence-electron chi connectivity index (χ2n) is 4.85. The van der Waals surface area contributed by atoms with Crippen molar-refractivity contribution in [3.05, 3.63) is 0 Å². The molecule has 0 aliphatic heterocycles. The molecule has 5 heteroatoms. The molecule has 0 spiro atoms. The second kappa shape index (κ2) is 7.94. The van der Waals surface area contributed by atoms with E-state index in [9.17, 15) is 0 Å². The average Bonchev–Trinajstić information content (AvgIpc) is 2.19. The summed E-state index contributed by atoms with van der Waals surface area (Å²) < 4.78 is 0. The maximum Gasteiger partial charge on any atom is 0.204 e. The quantitative estimate of drug-likeness (QED) is 0.212. The van der Waals surface area contributed by atoms with Crippen LogP contribution in [-0.2, 0) is 0 Å². The van der Waals surface area contributed by atoms with E-state index in [4.69, 9.17) is 11.0 Å². The fourth-order valence-electron chi connectivity index (χ4n) is 1.18. The fraction of sp³-hybridized carbons (Fsp3) is 0.818. The molecule has 0 aromatic rings. The van der Waals surface area contributed by atoms with E-state index in [1.165, 1.54) is 0 Å². The fourth-order valence-corrected chi connectivity index (χ4v) is 1.18. The van der Waals surface area contributed by atoms with Crippen LogP contribution in [-0.4, -0.2) is 25.6 Å². The summed E-state index contributed by atoms with van der Waals surface area (Å²) in [6.45, 7) is 8.48. The third-order valence-electron chi connectivity index (χ3n) is 1.97. The molecule has 0 bridgehead atoms. The molecule has 4 N–H and O–H groups in total. The summed E-state index contributed by atoms with van der Waals surface area (Å²) in [7, 11) is 0. The van der Waals surface area contributed by atoms with Gasteiger partial charge in [0.1, 0.15) is 0 Å². The minimum atomic E-state index is 0.336. The van der Waals surface area contributed by atoms with Crippen LogP contribution >= 0.6 is 0 Å². The third-order valence-corrected chi connectivity index (χ3v) is 1.97. The zero-order valence-corrected chi connectivity index (χ0v) is 10.5. The predicted molar refractivity (Wildman–Crippen MR) is 66.8 cm³/mol. The molecule has 0 amide bonds. The molecule has 0 radical (unpaired) electrons. The third kappa shape index (κ3) is 9.28. The maximum atomic E-state index is 8.51. The van der Waals surface area contributed by atoms with E-state index in [1.807, 2.05) is 6.19 Å². The van der Waals surface area contributed by atoms with Gasteiger partial charge in [0.25, 0.3) is 0 Å². The molecule has 0 unspecified atom stereocenters. The SMILES string of the molecule is CC(C)(C)CCCN=C(NC#N)NCCN. The van der Waals surface area contributed by atoms with E-state index in [0.29, 0.717) is 24.5 Å². The first-order valence-electron chi connectivity index (χ1n) is 5.63. The maximum absolute atomic E-state index is 8.51. The lowest BCUT2D eigenvalue weighted by Gasteiger charge is -2.16. The number of guanidine groups is 1. The Labute approximate surface area is 98.1 Å². The van der Waals surface area contributed by atoms with Crippen molar-refractivity contribution in [3.8, 4) is 6.19 Å². The van der Waals surface area contributed by atoms with E-state index in [-0.39, 0.29) is 0 Å². The molecule has 16 heavy (non-hydrogen) atoms. The number of hydrogen-bond donors (Lipinski definition) is 3. The Morgan fingerprint density at radius 1 is 1.44 bits per heavy atom. The number of aliphatic imine (C=N–C) groups is 1. The lowest BCUT2D eigenvalue weighted by molar-refractivity contribution is 0.368. The van der Waals surface area contributed by atoms with Crippen LogP contribution in [0.4, 0.5) is 0 Å². The van der Waals surface area contributed by atoms with Crippen molar-refractivity contribution in [2.24, 2.45) is 16.1 Å². The van der Waals surface area contributed by atoms with Crippen molar-refractivity contribution in [1.82, 2.24) is 10.6 Å². The van der Waals surface area contributed by atoms with E-state index in [2.05, 4.69) is 36.4 Å². The van der Waals surface area contributed by atoms with Crippen molar-refractivity contribution < 1.29 is 0 Å². The monoisotopic (exact) mass is 225 g/mol. The second-order valence-corrected chi connectivity index (χ2v) is 4.85. The van der Waals surface area contributed by atoms with Gasteiger partial charge >= 0.3 is 0 Å². The number of nitriles is 1. The Morgan fingerprint density at radius 2 is 2.12 bits per heavy atom. The first-order chi connectivity index (χ1) is 7.49. The Morgan fingerprint density at radius 3 is 2.62 bits per heavy atom. The van der Waals surface area contributed by atoms with Gasteiger partial charge in [-0.1, -0.05) is 20.8 Å². The molecule has 0 rings (SSSR count). The van der Waals surface area contributed by atoms with Crippen LogP contribution in [0.3, 0.4) is 0 Å². The Bertz CT molecular complexity index is 246. The van der Waals surface area contributed by atoms with Crippen LogP contribution in [0.15, 0.2) is 4.99 Å². The topological polar surface area (TPSA) is 86.2 Å². The summed E-state index contributed by atoms with van der Waals surface area (Å²) in [5, 5.41) is 14.0. The molecule has 0 aliphatic carbocycles. The van der Waals surface area contributed by atoms with Crippen LogP contribution in [0, 0.1) is 16.9 Å². The first kappa shape index (κ1) is 14.7. The van der Waals surface area contributed by atoms with Crippen LogP contribution < -0.4 is 16.4 Å². The molecule has 0 atom stereocenters. The van der Waals surface area contributed by atoms with Crippen molar-refractivity contribution in [2.75, 3.05) is 19.6 Å². The lowest BCUT2D eigenvalue weighted by atomic mass is 9.91. The van der Waals surface area contributed by atoms with Gasteiger partial charge in [-0.15, -0.1) is 0 Å². The number of rotatable bonds is 5. The molecular formula is C11H23N5. The molecule has 5 nitrogen and oxygen atoms in total. The summed E-state index contributed by atoms with van der Waals surface area (Å²) in [6, 6.07) is 0. The van der Waals surface area contributed by atoms with Gasteiger partial charge in [-0.05, 0) is 18.3 Å². The van der Waals surface area contributed by atoms with Gasteiger partial charge in [-0.25, -0.2) is 0 Å². The van der Waals surface area contributed by atoms with Crippen molar-refractivity contribution in [2.45, 2.75) is 33.6 Å². The predicted octanol–water partition coefficient (Wildman–Crippen LogP) is 0.788. The molecule has 0 aromatic heterocycles. The highest BCUT2D eigenvalue weighted by molar-refractivity contribution is 5.81. The number of nitrogens with zero attached hydrogens (tertiary/aromatic N) is 2. The van der Waals surface area contributed by atoms with Gasteiger partial charge in [0.05, 0.1) is 0 Å². The highest BCUT2D eigenvalue weighted by Crippen LogP contribution is 2.20. The van der Waals surface area contributed by atoms with Crippen LogP contribution in [0.5, 0.6) is 0 Å². The smallest absolute Gasteiger partial charge is 0.204 e. The van der Waals surface area contributed by atoms with E-state index < -0.39 is 0 Å². The molecule has 0 aliphatic rings. The Kier molecular flexibility index (Phi) is 7.31. The van der Waals surface area contributed by atoms with Gasteiger partial charge in [0.15, 0.2) is 6.19 Å². The normalized spacial score (nSPS) is 12.1. The van der Waals surface area contributed by atoms with Crippen molar-refractivity contribution in [3.63, 3.8) is 0 Å². The van der Waals surface area contributed by atoms with Gasteiger partial charge in [0.2, 0.25) is 5.96 Å². The van der Waals surface area contributed by atoms with Gasteiger partial charge in [-0.3, -0.25) is 10.3 Å². The number of nitrogens with one attached hydrogen (secondary N) is 2. The Balaban J connectivity index is 3.90. The highest BCUT2D eigenvalue weighted by atomic mass is 15.2. The zero-order valence-electron chi connectivity index (χ0n) is 10.5. The van der Waals surface area contributed by atoms with Crippen LogP contribution in [0.2, 0.25) is 0 Å². The molecule has 0 heterocycles. The van der Waals surface area contributed by atoms with E-state index in [1.54, 1.807) is 0 Å². The van der Waals surface area contributed by atoms with E-state index >= 15 is 0 Å². The lowest BCUT2D eigenvalue weighted by Crippen LogP contribution is -2.37. The summed E-state index contributed by atoms with van der Waals surface area (Å²) in [5.74, 6) is 0.516. The minimum Gasteiger partial charge on any atom is -0.354 e. The first-order valence-corrected chi connectivity index (χ1v) is 5.63. The number of nitrogens with two attached hydrogens (primary N) is 1. The molecule has 0 saturated carbocycles. The largest absolute Gasteiger partial charge is 0.354 e. The summed E-state index contributed by atoms with van der Waals surface area (Å²) in [5.41, 5.74) is 5.69. The van der Waals surface area contributed by atoms with E-state index in [0.717, 1.165) is 19.4 Å². The minimum absolute atomic E-state index is 0.336. The zero-order chi connectivity index (χ0) is 12.4. The molecule has 92 valence electrons. The molecular weight excluding hydrogens is 202 g/mol. The molecule has 0 saturated heterocycles. The van der Waals surface area contributed by atoms with Gasteiger partial charge < -0.3 is 11.1 Å². The van der Waals surface area contributed by atoms with Crippen LogP contribution in [0.1, 0.15) is 33.6 Å². The van der Waals surface area contributed by atoms with Crippen LogP contribution in [0.25, 0.3) is 0 Å². The van der Waals surface area contributed by atoms with Crippen molar-refractivity contribution >= 4 is 5.96 Å². The molecule has 0 fully saturated rings. The standard InChI is InChI=1S/C11H23N5/c1-11(2,3)5-4-7-14-10(16-9-13)15-8-6-12/h4-8,12H2,1-3H3,(H2,14,15,16). The Hall–Kier alpha value is -1.28.